The van der Waals surface area contributed by atoms with Crippen LogP contribution in [0.4, 0.5) is 5.82 Å². The second-order valence-electron chi connectivity index (χ2n) is 4.32. The molecule has 2 rings (SSSR count). The second kappa shape index (κ2) is 6.08. The highest BCUT2D eigenvalue weighted by atomic mass is 79.9. The molecule has 0 aliphatic rings. The Balaban J connectivity index is 2.38. The zero-order valence-corrected chi connectivity index (χ0v) is 14.2. The Bertz CT molecular complexity index is 807. The Morgan fingerprint density at radius 3 is 2.71 bits per heavy atom. The minimum Gasteiger partial charge on any atom is -0.389 e. The maximum absolute atomic E-state index is 12.4. The number of hydrogen-bond donors (Lipinski definition) is 2. The number of rotatable bonds is 4. The van der Waals surface area contributed by atoms with Gasteiger partial charge in [-0.3, -0.25) is 4.72 Å². The van der Waals surface area contributed by atoms with Gasteiger partial charge in [0, 0.05) is 16.2 Å². The zero-order valence-electron chi connectivity index (χ0n) is 11.0. The van der Waals surface area contributed by atoms with E-state index < -0.39 is 10.0 Å². The van der Waals surface area contributed by atoms with Crippen LogP contribution in [-0.2, 0) is 10.0 Å². The maximum Gasteiger partial charge on any atom is 0.263 e. The van der Waals surface area contributed by atoms with Crippen molar-refractivity contribution in [1.82, 2.24) is 4.98 Å². The molecule has 0 saturated heterocycles. The van der Waals surface area contributed by atoms with Crippen LogP contribution in [0.15, 0.2) is 45.9 Å². The zero-order chi connectivity index (χ0) is 15.6. The molecule has 0 aliphatic heterocycles. The summed E-state index contributed by atoms with van der Waals surface area (Å²) < 4.78 is 28.0. The molecule has 0 atom stereocenters. The van der Waals surface area contributed by atoms with Crippen LogP contribution >= 0.6 is 28.1 Å². The fourth-order valence-corrected chi connectivity index (χ4v) is 3.35. The summed E-state index contributed by atoms with van der Waals surface area (Å²) in [6, 6.07) is 7.92. The van der Waals surface area contributed by atoms with E-state index in [4.69, 9.17) is 18.0 Å². The normalized spacial score (nSPS) is 11.1. The van der Waals surface area contributed by atoms with Crippen LogP contribution in [0.1, 0.15) is 11.1 Å². The van der Waals surface area contributed by atoms with Crippen molar-refractivity contribution in [3.8, 4) is 0 Å². The summed E-state index contributed by atoms with van der Waals surface area (Å²) in [6.45, 7) is 1.76. The number of nitrogens with zero attached hydrogens (tertiary/aromatic N) is 1. The molecule has 0 aliphatic carbocycles. The maximum atomic E-state index is 12.4. The molecule has 8 heteroatoms. The van der Waals surface area contributed by atoms with Crippen molar-refractivity contribution in [1.29, 1.82) is 0 Å². The van der Waals surface area contributed by atoms with Gasteiger partial charge in [0.1, 0.15) is 10.8 Å². The molecule has 0 saturated carbocycles. The first-order valence-corrected chi connectivity index (χ1v) is 8.53. The van der Waals surface area contributed by atoms with E-state index in [1.807, 2.05) is 0 Å². The molecule has 1 aromatic heterocycles. The number of nitrogens with two attached hydrogens (primary N) is 1. The molecule has 3 N–H and O–H groups in total. The van der Waals surface area contributed by atoms with Gasteiger partial charge in [-0.25, -0.2) is 13.4 Å². The van der Waals surface area contributed by atoms with Crippen LogP contribution in [0.2, 0.25) is 0 Å². The van der Waals surface area contributed by atoms with E-state index >= 15 is 0 Å². The van der Waals surface area contributed by atoms with Crippen molar-refractivity contribution in [2.75, 3.05) is 4.72 Å². The third-order valence-electron chi connectivity index (χ3n) is 2.70. The van der Waals surface area contributed by atoms with E-state index in [-0.39, 0.29) is 15.7 Å². The van der Waals surface area contributed by atoms with Gasteiger partial charge in [0.2, 0.25) is 0 Å². The van der Waals surface area contributed by atoms with E-state index in [2.05, 4.69) is 25.6 Å². The lowest BCUT2D eigenvalue weighted by Crippen LogP contribution is -2.16. The first kappa shape index (κ1) is 15.9. The number of thiocarbonyl (C=S) groups is 1. The molecule has 0 spiro atoms. The lowest BCUT2D eigenvalue weighted by Gasteiger charge is -2.10. The highest BCUT2D eigenvalue weighted by Gasteiger charge is 2.17. The quantitative estimate of drug-likeness (QED) is 0.789. The van der Waals surface area contributed by atoms with Gasteiger partial charge in [0.25, 0.3) is 10.0 Å². The molecule has 21 heavy (non-hydrogen) atoms. The van der Waals surface area contributed by atoms with E-state index in [1.165, 1.54) is 18.3 Å². The fourth-order valence-electron chi connectivity index (χ4n) is 1.65. The van der Waals surface area contributed by atoms with Gasteiger partial charge in [0.15, 0.2) is 0 Å². The number of hydrogen-bond acceptors (Lipinski definition) is 4. The standard InChI is InChI=1S/C13H12BrN3O2S2/c1-8-5-10(14)7-16-13(8)17-21(18,19)11-4-2-3-9(6-11)12(15)20/h2-7H,1H3,(H2,15,20)(H,16,17). The van der Waals surface area contributed by atoms with Gasteiger partial charge in [-0.15, -0.1) is 0 Å². The summed E-state index contributed by atoms with van der Waals surface area (Å²) in [5.41, 5.74) is 6.72. The number of aromatic nitrogens is 1. The van der Waals surface area contributed by atoms with Crippen LogP contribution in [0, 0.1) is 6.92 Å². The van der Waals surface area contributed by atoms with Crippen molar-refractivity contribution < 1.29 is 8.42 Å². The number of pyridine rings is 1. The number of halogens is 1. The minimum atomic E-state index is -3.75. The topological polar surface area (TPSA) is 85.1 Å². The van der Waals surface area contributed by atoms with Crippen molar-refractivity contribution in [2.45, 2.75) is 11.8 Å². The van der Waals surface area contributed by atoms with Crippen LogP contribution in [0.5, 0.6) is 0 Å². The fraction of sp³-hybridized carbons (Fsp3) is 0.0769. The molecule has 0 radical (unpaired) electrons. The van der Waals surface area contributed by atoms with Gasteiger partial charge in [0.05, 0.1) is 4.90 Å². The molecule has 2 aromatic rings. The molecule has 110 valence electrons. The average molecular weight is 386 g/mol. The van der Waals surface area contributed by atoms with Crippen LogP contribution in [-0.4, -0.2) is 18.4 Å². The van der Waals surface area contributed by atoms with Gasteiger partial charge < -0.3 is 5.73 Å². The Kier molecular flexibility index (Phi) is 4.60. The van der Waals surface area contributed by atoms with E-state index in [1.54, 1.807) is 25.1 Å². The molecule has 0 amide bonds. The van der Waals surface area contributed by atoms with Gasteiger partial charge in [-0.1, -0.05) is 24.4 Å². The number of aryl methyl sites for hydroxylation is 1. The molecule has 0 fully saturated rings. The largest absolute Gasteiger partial charge is 0.389 e. The monoisotopic (exact) mass is 385 g/mol. The van der Waals surface area contributed by atoms with Gasteiger partial charge in [-0.05, 0) is 46.6 Å². The Morgan fingerprint density at radius 2 is 2.10 bits per heavy atom. The lowest BCUT2D eigenvalue weighted by atomic mass is 10.2. The lowest BCUT2D eigenvalue weighted by molar-refractivity contribution is 0.601. The summed E-state index contributed by atoms with van der Waals surface area (Å²) in [5, 5.41) is 0. The van der Waals surface area contributed by atoms with Crippen LogP contribution < -0.4 is 10.5 Å². The molecule has 1 heterocycles. The summed E-state index contributed by atoms with van der Waals surface area (Å²) in [7, 11) is -3.75. The summed E-state index contributed by atoms with van der Waals surface area (Å²) in [4.78, 5) is 4.28. The third kappa shape index (κ3) is 3.78. The SMILES string of the molecule is Cc1cc(Br)cnc1NS(=O)(=O)c1cccc(C(N)=S)c1. The number of nitrogens with one attached hydrogen (secondary N) is 1. The summed E-state index contributed by atoms with van der Waals surface area (Å²) >= 11 is 8.13. The molecule has 5 nitrogen and oxygen atoms in total. The van der Waals surface area contributed by atoms with Crippen molar-refractivity contribution in [3.63, 3.8) is 0 Å². The molecular formula is C13H12BrN3O2S2. The highest BCUT2D eigenvalue weighted by Crippen LogP contribution is 2.21. The van der Waals surface area contributed by atoms with Crippen molar-refractivity contribution in [3.05, 3.63) is 52.1 Å². The van der Waals surface area contributed by atoms with Gasteiger partial charge in [-0.2, -0.15) is 0 Å². The van der Waals surface area contributed by atoms with E-state index in [0.29, 0.717) is 11.1 Å². The van der Waals surface area contributed by atoms with Crippen LogP contribution in [0.25, 0.3) is 0 Å². The molecule has 0 unspecified atom stereocenters. The highest BCUT2D eigenvalue weighted by molar-refractivity contribution is 9.10. The van der Waals surface area contributed by atoms with Gasteiger partial charge >= 0.3 is 0 Å². The minimum absolute atomic E-state index is 0.0805. The molecular weight excluding hydrogens is 374 g/mol. The average Bonchev–Trinajstić information content (AvgIpc) is 2.42. The first-order chi connectivity index (χ1) is 9.79. The van der Waals surface area contributed by atoms with E-state index in [9.17, 15) is 8.42 Å². The third-order valence-corrected chi connectivity index (χ3v) is 4.71. The predicted molar refractivity (Wildman–Crippen MR) is 89.8 cm³/mol. The van der Waals surface area contributed by atoms with Crippen molar-refractivity contribution in [2.24, 2.45) is 5.73 Å². The first-order valence-electron chi connectivity index (χ1n) is 5.84. The Hall–Kier alpha value is -1.51. The summed E-state index contributed by atoms with van der Waals surface area (Å²) in [6.07, 6.45) is 1.52. The molecule has 1 aromatic carbocycles. The van der Waals surface area contributed by atoms with E-state index in [0.717, 1.165) is 4.47 Å². The summed E-state index contributed by atoms with van der Waals surface area (Å²) in [5.74, 6) is 0.277. The Labute approximate surface area is 136 Å². The number of anilines is 1. The smallest absolute Gasteiger partial charge is 0.263 e. The van der Waals surface area contributed by atoms with Crippen LogP contribution in [0.3, 0.4) is 0 Å². The molecule has 0 bridgehead atoms. The predicted octanol–water partition coefficient (Wildman–Crippen LogP) is 2.59. The van der Waals surface area contributed by atoms with Crippen molar-refractivity contribution >= 4 is 49.0 Å². The Morgan fingerprint density at radius 1 is 1.38 bits per heavy atom. The number of benzene rings is 1. The number of sulfonamides is 1. The second-order valence-corrected chi connectivity index (χ2v) is 7.35.